The number of hydrogen-bond acceptors (Lipinski definition) is 4. The topological polar surface area (TPSA) is 84.9 Å². The maximum atomic E-state index is 12.0. The van der Waals surface area contributed by atoms with E-state index in [1.807, 2.05) is 0 Å². The second-order valence-corrected chi connectivity index (χ2v) is 5.22. The smallest absolute Gasteiger partial charge is 0.332 e. The molecule has 0 aliphatic carbocycles. The van der Waals surface area contributed by atoms with Crippen molar-refractivity contribution in [1.82, 2.24) is 0 Å². The largest absolute Gasteiger partial charge is 0.495 e. The van der Waals surface area contributed by atoms with Crippen molar-refractivity contribution in [2.45, 2.75) is 25.0 Å². The normalized spacial score (nSPS) is 21.5. The first-order valence-corrected chi connectivity index (χ1v) is 6.83. The zero-order chi connectivity index (χ0) is 14.7. The molecule has 0 unspecified atom stereocenters. The highest BCUT2D eigenvalue weighted by atomic mass is 79.9. The third-order valence-corrected chi connectivity index (χ3v) is 3.66. The van der Waals surface area contributed by atoms with Gasteiger partial charge in [0.25, 0.3) is 5.91 Å². The van der Waals surface area contributed by atoms with Crippen LogP contribution < -0.4 is 10.1 Å². The van der Waals surface area contributed by atoms with Crippen LogP contribution in [0.2, 0.25) is 0 Å². The van der Waals surface area contributed by atoms with E-state index in [0.29, 0.717) is 24.3 Å². The Morgan fingerprint density at radius 1 is 1.40 bits per heavy atom. The van der Waals surface area contributed by atoms with Crippen LogP contribution in [-0.2, 0) is 14.3 Å². The number of anilines is 1. The third-order valence-electron chi connectivity index (χ3n) is 3.01. The molecule has 0 saturated carbocycles. The molecular formula is C13H14BrNO5. The van der Waals surface area contributed by atoms with Gasteiger partial charge in [-0.1, -0.05) is 0 Å². The van der Waals surface area contributed by atoms with Crippen LogP contribution in [0.25, 0.3) is 0 Å². The van der Waals surface area contributed by atoms with Gasteiger partial charge >= 0.3 is 5.97 Å². The van der Waals surface area contributed by atoms with Crippen molar-refractivity contribution in [3.8, 4) is 5.75 Å². The first-order chi connectivity index (χ1) is 9.51. The Balaban J connectivity index is 2.00. The van der Waals surface area contributed by atoms with Crippen LogP contribution in [0.5, 0.6) is 5.75 Å². The van der Waals surface area contributed by atoms with Gasteiger partial charge in [0.15, 0.2) is 6.10 Å². The first kappa shape index (κ1) is 14.8. The van der Waals surface area contributed by atoms with Gasteiger partial charge in [0.2, 0.25) is 0 Å². The summed E-state index contributed by atoms with van der Waals surface area (Å²) in [7, 11) is 1.53. The zero-order valence-electron chi connectivity index (χ0n) is 10.8. The molecule has 1 aliphatic heterocycles. The Morgan fingerprint density at radius 2 is 2.10 bits per heavy atom. The maximum absolute atomic E-state index is 12.0. The summed E-state index contributed by atoms with van der Waals surface area (Å²) >= 11 is 3.32. The Labute approximate surface area is 124 Å². The van der Waals surface area contributed by atoms with Crippen molar-refractivity contribution in [2.75, 3.05) is 12.4 Å². The average Bonchev–Trinajstić information content (AvgIpc) is 2.91. The van der Waals surface area contributed by atoms with Crippen LogP contribution >= 0.6 is 15.9 Å². The zero-order valence-corrected chi connectivity index (χ0v) is 12.3. The highest BCUT2D eigenvalue weighted by Gasteiger charge is 2.34. The lowest BCUT2D eigenvalue weighted by molar-refractivity contribution is -0.150. The van der Waals surface area contributed by atoms with Crippen molar-refractivity contribution in [1.29, 1.82) is 0 Å². The van der Waals surface area contributed by atoms with Gasteiger partial charge in [-0.3, -0.25) is 4.79 Å². The lowest BCUT2D eigenvalue weighted by Gasteiger charge is -2.13. The van der Waals surface area contributed by atoms with E-state index in [2.05, 4.69) is 21.2 Å². The molecule has 108 valence electrons. The SMILES string of the molecule is COc1cc(NC(=O)[C@@H]2CC[C@H](C(=O)O)O2)ccc1Br. The number of carbonyl (C=O) groups is 2. The lowest BCUT2D eigenvalue weighted by Crippen LogP contribution is -2.29. The van der Waals surface area contributed by atoms with E-state index in [0.717, 1.165) is 4.47 Å². The van der Waals surface area contributed by atoms with Crippen molar-refractivity contribution in [3.63, 3.8) is 0 Å². The molecule has 1 saturated heterocycles. The molecule has 1 aliphatic rings. The number of aliphatic carboxylic acids is 1. The molecule has 0 bridgehead atoms. The van der Waals surface area contributed by atoms with Crippen LogP contribution in [-0.4, -0.2) is 36.3 Å². The molecule has 1 heterocycles. The van der Waals surface area contributed by atoms with Gasteiger partial charge < -0.3 is 19.9 Å². The van der Waals surface area contributed by atoms with Crippen LogP contribution in [0.4, 0.5) is 5.69 Å². The Bertz CT molecular complexity index is 533. The molecule has 20 heavy (non-hydrogen) atoms. The number of benzene rings is 1. The highest BCUT2D eigenvalue weighted by molar-refractivity contribution is 9.10. The molecule has 0 aromatic heterocycles. The second kappa shape index (κ2) is 6.23. The van der Waals surface area contributed by atoms with Crippen LogP contribution in [0.3, 0.4) is 0 Å². The molecule has 1 amide bonds. The van der Waals surface area contributed by atoms with Gasteiger partial charge in [0.1, 0.15) is 11.9 Å². The van der Waals surface area contributed by atoms with Crippen LogP contribution in [0.15, 0.2) is 22.7 Å². The minimum absolute atomic E-state index is 0.344. The minimum Gasteiger partial charge on any atom is -0.495 e. The van der Waals surface area contributed by atoms with E-state index in [4.69, 9.17) is 14.6 Å². The van der Waals surface area contributed by atoms with Crippen molar-refractivity contribution < 1.29 is 24.2 Å². The van der Waals surface area contributed by atoms with Gasteiger partial charge in [-0.15, -0.1) is 0 Å². The fourth-order valence-electron chi connectivity index (χ4n) is 1.97. The minimum atomic E-state index is -1.04. The third kappa shape index (κ3) is 3.29. The Morgan fingerprint density at radius 3 is 2.70 bits per heavy atom. The maximum Gasteiger partial charge on any atom is 0.332 e. The summed E-state index contributed by atoms with van der Waals surface area (Å²) in [6.07, 6.45) is -0.885. The number of carbonyl (C=O) groups excluding carboxylic acids is 1. The molecular weight excluding hydrogens is 330 g/mol. The average molecular weight is 344 g/mol. The number of ether oxygens (including phenoxy) is 2. The van der Waals surface area contributed by atoms with E-state index in [-0.39, 0.29) is 5.91 Å². The molecule has 1 aromatic rings. The van der Waals surface area contributed by atoms with Gasteiger partial charge in [0.05, 0.1) is 11.6 Å². The number of halogens is 1. The van der Waals surface area contributed by atoms with E-state index in [1.54, 1.807) is 18.2 Å². The number of carboxylic acid groups (broad SMARTS) is 1. The molecule has 0 radical (unpaired) electrons. The van der Waals surface area contributed by atoms with E-state index >= 15 is 0 Å². The van der Waals surface area contributed by atoms with Gasteiger partial charge in [0, 0.05) is 11.8 Å². The summed E-state index contributed by atoms with van der Waals surface area (Å²) in [4.78, 5) is 22.8. The molecule has 1 aromatic carbocycles. The van der Waals surface area contributed by atoms with Crippen molar-refractivity contribution >= 4 is 33.5 Å². The predicted octanol–water partition coefficient (Wildman–Crippen LogP) is 2.03. The van der Waals surface area contributed by atoms with Gasteiger partial charge in [-0.25, -0.2) is 4.79 Å². The molecule has 2 N–H and O–H groups in total. The number of hydrogen-bond donors (Lipinski definition) is 2. The van der Waals surface area contributed by atoms with Crippen molar-refractivity contribution in [3.05, 3.63) is 22.7 Å². The second-order valence-electron chi connectivity index (χ2n) is 4.37. The predicted molar refractivity (Wildman–Crippen MR) is 74.9 cm³/mol. The Kier molecular flexibility index (Phi) is 4.61. The van der Waals surface area contributed by atoms with Gasteiger partial charge in [-0.05, 0) is 40.9 Å². The molecule has 2 atom stereocenters. The van der Waals surface area contributed by atoms with Crippen LogP contribution in [0, 0.1) is 0 Å². The molecule has 6 nitrogen and oxygen atoms in total. The van der Waals surface area contributed by atoms with E-state index in [9.17, 15) is 9.59 Å². The van der Waals surface area contributed by atoms with Crippen molar-refractivity contribution in [2.24, 2.45) is 0 Å². The quantitative estimate of drug-likeness (QED) is 0.873. The lowest BCUT2D eigenvalue weighted by atomic mass is 10.2. The summed E-state index contributed by atoms with van der Waals surface area (Å²) in [6, 6.07) is 5.14. The number of nitrogens with one attached hydrogen (secondary N) is 1. The summed E-state index contributed by atoms with van der Waals surface area (Å²) in [6.45, 7) is 0. The molecule has 7 heteroatoms. The first-order valence-electron chi connectivity index (χ1n) is 6.04. The number of amides is 1. The van der Waals surface area contributed by atoms with E-state index < -0.39 is 18.2 Å². The fraction of sp³-hybridized carbons (Fsp3) is 0.385. The standard InChI is InChI=1S/C13H14BrNO5/c1-19-11-6-7(2-3-8(11)14)15-12(16)9-4-5-10(20-9)13(17)18/h2-3,6,9-10H,4-5H2,1H3,(H,15,16)(H,17,18)/t9-,10+/m0/s1. The monoisotopic (exact) mass is 343 g/mol. The number of rotatable bonds is 4. The molecule has 1 fully saturated rings. The summed E-state index contributed by atoms with van der Waals surface area (Å²) in [5, 5.41) is 11.5. The molecule has 2 rings (SSSR count). The van der Waals surface area contributed by atoms with E-state index in [1.165, 1.54) is 7.11 Å². The van der Waals surface area contributed by atoms with Gasteiger partial charge in [-0.2, -0.15) is 0 Å². The van der Waals surface area contributed by atoms with Crippen LogP contribution in [0.1, 0.15) is 12.8 Å². The summed E-state index contributed by atoms with van der Waals surface area (Å²) in [5.74, 6) is -0.790. The molecule has 0 spiro atoms. The number of methoxy groups -OCH3 is 1. The fourth-order valence-corrected chi connectivity index (χ4v) is 2.38. The number of carboxylic acids is 1. The Hall–Kier alpha value is -1.60. The summed E-state index contributed by atoms with van der Waals surface area (Å²) in [5.41, 5.74) is 0.567. The highest BCUT2D eigenvalue weighted by Crippen LogP contribution is 2.28. The summed E-state index contributed by atoms with van der Waals surface area (Å²) < 4.78 is 11.1.